The van der Waals surface area contributed by atoms with Crippen molar-refractivity contribution >= 4 is 51.8 Å². The molecule has 1 aliphatic rings. The van der Waals surface area contributed by atoms with Gasteiger partial charge in [0.25, 0.3) is 0 Å². The number of fused-ring (bicyclic) bond motifs is 1. The molecule has 4 rings (SSSR count). The molecule has 8 heteroatoms. The van der Waals surface area contributed by atoms with Crippen LogP contribution in [0.3, 0.4) is 0 Å². The number of aryl methyl sites for hydroxylation is 1. The third-order valence-corrected chi connectivity index (χ3v) is 6.40. The first-order valence-electron chi connectivity index (χ1n) is 10.2. The maximum absolute atomic E-state index is 12.6. The summed E-state index contributed by atoms with van der Waals surface area (Å²) in [6.45, 7) is 7.52. The Labute approximate surface area is 191 Å². The molecule has 1 saturated heterocycles. The SMILES string of the molecule is Cc1ccc(NC(=O)CSc2nc3ccccc3nc2N2C[C@H](C)O[C@@H](C)C2)cc1Cl. The van der Waals surface area contributed by atoms with Gasteiger partial charge >= 0.3 is 0 Å². The van der Waals surface area contributed by atoms with Crippen molar-refractivity contribution in [1.29, 1.82) is 0 Å². The number of thioether (sulfide) groups is 1. The van der Waals surface area contributed by atoms with Gasteiger partial charge in [0, 0.05) is 23.8 Å². The van der Waals surface area contributed by atoms with Crippen LogP contribution in [0.25, 0.3) is 11.0 Å². The molecule has 6 nitrogen and oxygen atoms in total. The molecule has 2 heterocycles. The van der Waals surface area contributed by atoms with Crippen molar-refractivity contribution in [3.63, 3.8) is 0 Å². The largest absolute Gasteiger partial charge is 0.372 e. The number of aromatic nitrogens is 2. The summed E-state index contributed by atoms with van der Waals surface area (Å²) in [4.78, 5) is 24.5. The van der Waals surface area contributed by atoms with E-state index in [0.29, 0.717) is 10.7 Å². The molecule has 3 aromatic rings. The summed E-state index contributed by atoms with van der Waals surface area (Å²) in [6, 6.07) is 13.3. The van der Waals surface area contributed by atoms with Crippen molar-refractivity contribution in [2.24, 2.45) is 0 Å². The van der Waals surface area contributed by atoms with Crippen LogP contribution in [0.1, 0.15) is 19.4 Å². The Morgan fingerprint density at radius 1 is 1.16 bits per heavy atom. The Kier molecular flexibility index (Phi) is 6.65. The van der Waals surface area contributed by atoms with E-state index < -0.39 is 0 Å². The number of carbonyl (C=O) groups excluding carboxylic acids is 1. The van der Waals surface area contributed by atoms with Crippen molar-refractivity contribution < 1.29 is 9.53 Å². The van der Waals surface area contributed by atoms with E-state index in [1.165, 1.54) is 11.8 Å². The minimum absolute atomic E-state index is 0.101. The van der Waals surface area contributed by atoms with E-state index in [1.54, 1.807) is 6.07 Å². The van der Waals surface area contributed by atoms with Crippen LogP contribution in [0.2, 0.25) is 5.02 Å². The number of anilines is 2. The Balaban J connectivity index is 1.55. The van der Waals surface area contributed by atoms with Crippen LogP contribution < -0.4 is 10.2 Å². The minimum atomic E-state index is -0.116. The predicted octanol–water partition coefficient (Wildman–Crippen LogP) is 4.94. The molecule has 0 bridgehead atoms. The molecule has 0 spiro atoms. The molecule has 1 fully saturated rings. The number of morpholine rings is 1. The Bertz CT molecular complexity index is 1100. The summed E-state index contributed by atoms with van der Waals surface area (Å²) in [5.74, 6) is 0.910. The number of halogens is 1. The number of nitrogens with one attached hydrogen (secondary N) is 1. The van der Waals surface area contributed by atoms with Crippen molar-refractivity contribution in [3.05, 3.63) is 53.1 Å². The first kappa shape index (κ1) is 21.9. The highest BCUT2D eigenvalue weighted by Gasteiger charge is 2.26. The van der Waals surface area contributed by atoms with Crippen LogP contribution in [0, 0.1) is 6.92 Å². The summed E-state index contributed by atoms with van der Waals surface area (Å²) in [5.41, 5.74) is 3.31. The van der Waals surface area contributed by atoms with Crippen LogP contribution >= 0.6 is 23.4 Å². The van der Waals surface area contributed by atoms with Crippen LogP contribution in [0.15, 0.2) is 47.5 Å². The van der Waals surface area contributed by atoms with Gasteiger partial charge in [-0.15, -0.1) is 0 Å². The number of para-hydroxylation sites is 2. The maximum atomic E-state index is 12.6. The normalized spacial score (nSPS) is 18.9. The lowest BCUT2D eigenvalue weighted by molar-refractivity contribution is -0.113. The monoisotopic (exact) mass is 456 g/mol. The second kappa shape index (κ2) is 9.42. The molecule has 1 aromatic heterocycles. The smallest absolute Gasteiger partial charge is 0.234 e. The van der Waals surface area contributed by atoms with E-state index in [0.717, 1.165) is 40.5 Å². The van der Waals surface area contributed by atoms with E-state index >= 15 is 0 Å². The fourth-order valence-electron chi connectivity index (χ4n) is 3.63. The topological polar surface area (TPSA) is 67.4 Å². The quantitative estimate of drug-likeness (QED) is 0.549. The lowest BCUT2D eigenvalue weighted by Gasteiger charge is -2.36. The van der Waals surface area contributed by atoms with Crippen LogP contribution in [0.4, 0.5) is 11.5 Å². The highest BCUT2D eigenvalue weighted by molar-refractivity contribution is 8.00. The van der Waals surface area contributed by atoms with Crippen molar-refractivity contribution in [1.82, 2.24) is 9.97 Å². The van der Waals surface area contributed by atoms with E-state index in [9.17, 15) is 4.79 Å². The van der Waals surface area contributed by atoms with Gasteiger partial charge in [0.2, 0.25) is 5.91 Å². The van der Waals surface area contributed by atoms with Gasteiger partial charge in [-0.2, -0.15) is 0 Å². The van der Waals surface area contributed by atoms with Gasteiger partial charge in [0.1, 0.15) is 5.03 Å². The van der Waals surface area contributed by atoms with Crippen LogP contribution in [0.5, 0.6) is 0 Å². The fraction of sp³-hybridized carbons (Fsp3) is 0.348. The number of benzene rings is 2. The number of hydrogen-bond acceptors (Lipinski definition) is 6. The third kappa shape index (κ3) is 5.29. The van der Waals surface area contributed by atoms with Gasteiger partial charge in [-0.3, -0.25) is 4.79 Å². The van der Waals surface area contributed by atoms with E-state index in [2.05, 4.69) is 24.1 Å². The Hall–Kier alpha value is -2.35. The highest BCUT2D eigenvalue weighted by atomic mass is 35.5. The molecular formula is C23H25ClN4O2S. The van der Waals surface area contributed by atoms with E-state index in [1.807, 2.05) is 43.3 Å². The number of rotatable bonds is 5. The third-order valence-electron chi connectivity index (χ3n) is 5.04. The molecule has 0 aliphatic carbocycles. The fourth-order valence-corrected chi connectivity index (χ4v) is 4.62. The number of amides is 1. The number of carbonyl (C=O) groups is 1. The van der Waals surface area contributed by atoms with E-state index in [-0.39, 0.29) is 23.9 Å². The van der Waals surface area contributed by atoms with Gasteiger partial charge in [-0.1, -0.05) is 41.6 Å². The highest BCUT2D eigenvalue weighted by Crippen LogP contribution is 2.31. The molecule has 162 valence electrons. The molecule has 1 amide bonds. The maximum Gasteiger partial charge on any atom is 0.234 e. The summed E-state index contributed by atoms with van der Waals surface area (Å²) < 4.78 is 5.88. The average Bonchev–Trinajstić information content (AvgIpc) is 2.73. The van der Waals surface area contributed by atoms with Gasteiger partial charge < -0.3 is 15.0 Å². The van der Waals surface area contributed by atoms with Crippen molar-refractivity contribution in [2.45, 2.75) is 38.0 Å². The van der Waals surface area contributed by atoms with E-state index in [4.69, 9.17) is 26.3 Å². The molecule has 0 saturated carbocycles. The van der Waals surface area contributed by atoms with Gasteiger partial charge in [0.15, 0.2) is 5.82 Å². The Morgan fingerprint density at radius 3 is 2.52 bits per heavy atom. The zero-order chi connectivity index (χ0) is 22.0. The number of hydrogen-bond donors (Lipinski definition) is 1. The number of ether oxygens (including phenoxy) is 1. The van der Waals surface area contributed by atoms with Gasteiger partial charge in [0.05, 0.1) is 29.0 Å². The summed E-state index contributed by atoms with van der Waals surface area (Å²) in [7, 11) is 0. The second-order valence-corrected chi connectivity index (χ2v) is 9.18. The summed E-state index contributed by atoms with van der Waals surface area (Å²) >= 11 is 7.56. The van der Waals surface area contributed by atoms with Crippen LogP contribution in [-0.2, 0) is 9.53 Å². The van der Waals surface area contributed by atoms with Crippen molar-refractivity contribution in [2.75, 3.05) is 29.1 Å². The predicted molar refractivity (Wildman–Crippen MR) is 127 cm³/mol. The summed E-state index contributed by atoms with van der Waals surface area (Å²) in [5, 5.41) is 4.28. The molecule has 31 heavy (non-hydrogen) atoms. The van der Waals surface area contributed by atoms with Gasteiger partial charge in [-0.05, 0) is 50.6 Å². The second-order valence-electron chi connectivity index (χ2n) is 7.80. The summed E-state index contributed by atoms with van der Waals surface area (Å²) in [6.07, 6.45) is 0.203. The average molecular weight is 457 g/mol. The molecule has 0 radical (unpaired) electrons. The van der Waals surface area contributed by atoms with Gasteiger partial charge in [-0.25, -0.2) is 9.97 Å². The molecule has 1 aliphatic heterocycles. The standard InChI is InChI=1S/C23H25ClN4O2S/c1-14-8-9-17(10-18(14)24)25-21(29)13-31-23-22(28-11-15(2)30-16(3)12-28)26-19-6-4-5-7-20(19)27-23/h4-10,15-16H,11-13H2,1-3H3,(H,25,29)/t15-,16-/m0/s1. The van der Waals surface area contributed by atoms with Crippen molar-refractivity contribution in [3.8, 4) is 0 Å². The first-order valence-corrected chi connectivity index (χ1v) is 11.6. The molecule has 2 atom stereocenters. The minimum Gasteiger partial charge on any atom is -0.372 e. The molecule has 1 N–H and O–H groups in total. The zero-order valence-electron chi connectivity index (χ0n) is 17.8. The molecule has 2 aromatic carbocycles. The Morgan fingerprint density at radius 2 is 1.84 bits per heavy atom. The van der Waals surface area contributed by atoms with Crippen LogP contribution in [-0.4, -0.2) is 46.9 Å². The molecular weight excluding hydrogens is 432 g/mol. The molecule has 0 unspecified atom stereocenters. The lowest BCUT2D eigenvalue weighted by Crippen LogP contribution is -2.46. The lowest BCUT2D eigenvalue weighted by atomic mass is 10.2. The zero-order valence-corrected chi connectivity index (χ0v) is 19.3. The number of nitrogens with zero attached hydrogens (tertiary/aromatic N) is 3. The first-order chi connectivity index (χ1) is 14.9.